The molecule has 0 saturated heterocycles. The zero-order valence-corrected chi connectivity index (χ0v) is 21.1. The number of alkyl halides is 1. The summed E-state index contributed by atoms with van der Waals surface area (Å²) in [5, 5.41) is 32.3. The average molecular weight is 542 g/mol. The maximum atomic E-state index is 12.9. The Labute approximate surface area is 218 Å². The third kappa shape index (κ3) is 7.30. The first-order valence-corrected chi connectivity index (χ1v) is 12.5. The van der Waals surface area contributed by atoms with E-state index in [4.69, 9.17) is 23.2 Å². The number of amides is 1. The number of aromatic hydroxyl groups is 1. The standard InChI is InChI=1S/C25H30Cl2FN3O5/c26-19-12-16-10-14(5-7-21(33)15-2-1-3-17(32)11-15)4-6-18(16)23(27)22(19)24(34)31-20(25(35)36)13-30-29-9-8-28/h1-3,11-12,14,20-21,29-30,32-33H,4-10,13H2,(H,31,34)(H,35,36)/t14?,20-,21?/m0/s1. The molecule has 1 aliphatic carbocycles. The lowest BCUT2D eigenvalue weighted by Gasteiger charge is -2.27. The fraction of sp³-hybridized carbons (Fsp3) is 0.440. The number of carboxylic acids is 1. The summed E-state index contributed by atoms with van der Waals surface area (Å²) in [5.41, 5.74) is 7.50. The number of hydrazine groups is 1. The summed E-state index contributed by atoms with van der Waals surface area (Å²) in [7, 11) is 0. The number of nitrogens with one attached hydrogen (secondary N) is 3. The monoisotopic (exact) mass is 541 g/mol. The van der Waals surface area contributed by atoms with E-state index >= 15 is 0 Å². The molecule has 1 aliphatic rings. The molecule has 3 rings (SSSR count). The van der Waals surface area contributed by atoms with Gasteiger partial charge in [0.15, 0.2) is 0 Å². The largest absolute Gasteiger partial charge is 0.508 e. The van der Waals surface area contributed by atoms with Gasteiger partial charge < -0.3 is 20.6 Å². The van der Waals surface area contributed by atoms with Gasteiger partial charge in [-0.05, 0) is 72.9 Å². The molecule has 2 unspecified atom stereocenters. The third-order valence-corrected chi connectivity index (χ3v) is 7.02. The molecule has 2 aromatic rings. The molecule has 0 saturated carbocycles. The van der Waals surface area contributed by atoms with Crippen LogP contribution in [0.3, 0.4) is 0 Å². The van der Waals surface area contributed by atoms with Crippen molar-refractivity contribution >= 4 is 35.1 Å². The highest BCUT2D eigenvalue weighted by molar-refractivity contribution is 6.40. The van der Waals surface area contributed by atoms with E-state index in [1.54, 1.807) is 30.3 Å². The van der Waals surface area contributed by atoms with Crippen molar-refractivity contribution in [2.45, 2.75) is 44.2 Å². The van der Waals surface area contributed by atoms with Gasteiger partial charge in [0.05, 0.1) is 21.7 Å². The summed E-state index contributed by atoms with van der Waals surface area (Å²) in [6.07, 6.45) is 2.74. The predicted molar refractivity (Wildman–Crippen MR) is 135 cm³/mol. The van der Waals surface area contributed by atoms with Crippen LogP contribution in [-0.2, 0) is 17.6 Å². The minimum Gasteiger partial charge on any atom is -0.508 e. The molecular weight excluding hydrogens is 512 g/mol. The van der Waals surface area contributed by atoms with Crippen LogP contribution >= 0.6 is 23.2 Å². The molecule has 196 valence electrons. The number of halogens is 3. The molecule has 11 heteroatoms. The SMILES string of the molecule is O=C(N[C@@H](CNNCCF)C(=O)O)c1c(Cl)cc2c(c1Cl)CCC(CCC(O)c1cccc(O)c1)C2. The van der Waals surface area contributed by atoms with Gasteiger partial charge in [-0.15, -0.1) is 0 Å². The van der Waals surface area contributed by atoms with Gasteiger partial charge in [-0.25, -0.2) is 9.18 Å². The highest BCUT2D eigenvalue weighted by Gasteiger charge is 2.29. The van der Waals surface area contributed by atoms with Crippen LogP contribution in [0.2, 0.25) is 10.0 Å². The minimum atomic E-state index is -1.28. The van der Waals surface area contributed by atoms with Crippen LogP contribution in [0, 0.1) is 5.92 Å². The van der Waals surface area contributed by atoms with Crippen LogP contribution in [0.15, 0.2) is 30.3 Å². The number of hydrogen-bond acceptors (Lipinski definition) is 6. The van der Waals surface area contributed by atoms with Crippen molar-refractivity contribution < 1.29 is 29.3 Å². The van der Waals surface area contributed by atoms with Gasteiger partial charge >= 0.3 is 5.97 Å². The Bertz CT molecular complexity index is 1090. The number of aliphatic hydroxyl groups excluding tert-OH is 1. The summed E-state index contributed by atoms with van der Waals surface area (Å²) in [4.78, 5) is 24.4. The fourth-order valence-electron chi connectivity index (χ4n) is 4.41. The van der Waals surface area contributed by atoms with Crippen LogP contribution in [0.4, 0.5) is 4.39 Å². The summed E-state index contributed by atoms with van der Waals surface area (Å²) in [6, 6.07) is 7.00. The molecule has 0 aromatic heterocycles. The number of aliphatic hydroxyl groups is 1. The summed E-state index contributed by atoms with van der Waals surface area (Å²) < 4.78 is 12.2. The normalized spacial score (nSPS) is 16.7. The Morgan fingerprint density at radius 2 is 1.97 bits per heavy atom. The zero-order chi connectivity index (χ0) is 26.2. The first kappa shape index (κ1) is 28.1. The molecule has 8 nitrogen and oxygen atoms in total. The molecule has 36 heavy (non-hydrogen) atoms. The van der Waals surface area contributed by atoms with Gasteiger partial charge in [-0.1, -0.05) is 35.3 Å². The minimum absolute atomic E-state index is 0.00142. The summed E-state index contributed by atoms with van der Waals surface area (Å²) in [6.45, 7) is -0.799. The predicted octanol–water partition coefficient (Wildman–Crippen LogP) is 3.56. The van der Waals surface area contributed by atoms with Crippen LogP contribution in [-0.4, -0.2) is 53.0 Å². The van der Waals surface area contributed by atoms with E-state index in [1.807, 2.05) is 0 Å². The Hall–Kier alpha value is -2.43. The number of benzene rings is 2. The molecule has 0 spiro atoms. The molecule has 2 aromatic carbocycles. The topological polar surface area (TPSA) is 131 Å². The number of phenolic OH excluding ortho intramolecular Hbond substituents is 1. The summed E-state index contributed by atoms with van der Waals surface area (Å²) >= 11 is 13.0. The number of carbonyl (C=O) groups is 2. The van der Waals surface area contributed by atoms with Gasteiger partial charge in [0.1, 0.15) is 18.5 Å². The maximum absolute atomic E-state index is 12.9. The van der Waals surface area contributed by atoms with Crippen LogP contribution in [0.5, 0.6) is 5.75 Å². The second-order valence-corrected chi connectivity index (χ2v) is 9.63. The highest BCUT2D eigenvalue weighted by atomic mass is 35.5. The number of rotatable bonds is 12. The number of fused-ring (bicyclic) bond motifs is 1. The molecule has 0 heterocycles. The Morgan fingerprint density at radius 3 is 2.67 bits per heavy atom. The van der Waals surface area contributed by atoms with Gasteiger partial charge in [-0.3, -0.25) is 15.6 Å². The Kier molecular flexibility index (Phi) is 10.3. The van der Waals surface area contributed by atoms with Crippen molar-refractivity contribution in [3.05, 3.63) is 62.6 Å². The Morgan fingerprint density at radius 1 is 1.19 bits per heavy atom. The van der Waals surface area contributed by atoms with E-state index in [0.29, 0.717) is 24.8 Å². The number of carbonyl (C=O) groups excluding carboxylic acids is 1. The number of phenols is 1. The van der Waals surface area contributed by atoms with Crippen molar-refractivity contribution in [2.75, 3.05) is 19.8 Å². The van der Waals surface area contributed by atoms with Crippen LogP contribution in [0.1, 0.15) is 52.4 Å². The first-order valence-electron chi connectivity index (χ1n) is 11.7. The van der Waals surface area contributed by atoms with E-state index in [2.05, 4.69) is 16.2 Å². The number of hydrogen-bond donors (Lipinski definition) is 6. The van der Waals surface area contributed by atoms with Crippen molar-refractivity contribution in [2.24, 2.45) is 5.92 Å². The second-order valence-electron chi connectivity index (χ2n) is 8.84. The lowest BCUT2D eigenvalue weighted by atomic mass is 9.80. The number of aliphatic carboxylic acids is 1. The van der Waals surface area contributed by atoms with E-state index in [1.165, 1.54) is 0 Å². The molecule has 3 atom stereocenters. The molecule has 0 bridgehead atoms. The Balaban J connectivity index is 1.65. The van der Waals surface area contributed by atoms with E-state index < -0.39 is 30.7 Å². The maximum Gasteiger partial charge on any atom is 0.327 e. The molecule has 0 aliphatic heterocycles. The molecule has 0 fully saturated rings. The van der Waals surface area contributed by atoms with Crippen LogP contribution < -0.4 is 16.2 Å². The smallest absolute Gasteiger partial charge is 0.327 e. The lowest BCUT2D eigenvalue weighted by molar-refractivity contribution is -0.139. The molecule has 0 radical (unpaired) electrons. The van der Waals surface area contributed by atoms with E-state index in [9.17, 15) is 29.3 Å². The first-order chi connectivity index (χ1) is 17.2. The molecule has 1 amide bonds. The van der Waals surface area contributed by atoms with Gasteiger partial charge in [0.25, 0.3) is 5.91 Å². The van der Waals surface area contributed by atoms with Crippen molar-refractivity contribution in [3.8, 4) is 5.75 Å². The average Bonchev–Trinajstić information content (AvgIpc) is 2.84. The van der Waals surface area contributed by atoms with Crippen molar-refractivity contribution in [1.29, 1.82) is 0 Å². The van der Waals surface area contributed by atoms with Crippen LogP contribution in [0.25, 0.3) is 0 Å². The van der Waals surface area contributed by atoms with Gasteiger partial charge in [0, 0.05) is 13.1 Å². The van der Waals surface area contributed by atoms with Gasteiger partial charge in [0.2, 0.25) is 0 Å². The summed E-state index contributed by atoms with van der Waals surface area (Å²) in [5.74, 6) is -1.57. The zero-order valence-electron chi connectivity index (χ0n) is 19.6. The van der Waals surface area contributed by atoms with E-state index in [-0.39, 0.29) is 40.4 Å². The molecule has 6 N–H and O–H groups in total. The molecular formula is C25H30Cl2FN3O5. The quantitative estimate of drug-likeness (QED) is 0.179. The highest BCUT2D eigenvalue weighted by Crippen LogP contribution is 2.39. The second kappa shape index (κ2) is 13.2. The van der Waals surface area contributed by atoms with Crippen molar-refractivity contribution in [1.82, 2.24) is 16.2 Å². The lowest BCUT2D eigenvalue weighted by Crippen LogP contribution is -2.50. The fourth-order valence-corrected chi connectivity index (χ4v) is 5.17. The van der Waals surface area contributed by atoms with Crippen molar-refractivity contribution in [3.63, 3.8) is 0 Å². The third-order valence-electron chi connectivity index (χ3n) is 6.31. The number of carboxylic acid groups (broad SMARTS) is 1. The van der Waals surface area contributed by atoms with E-state index in [0.717, 1.165) is 24.0 Å². The van der Waals surface area contributed by atoms with Gasteiger partial charge in [-0.2, -0.15) is 0 Å².